The van der Waals surface area contributed by atoms with E-state index >= 15 is 0 Å². The molecule has 1 aromatic heterocycles. The average Bonchev–Trinajstić information content (AvgIpc) is 2.82. The summed E-state index contributed by atoms with van der Waals surface area (Å²) in [6, 6.07) is 19.7. The molecule has 4 aromatic rings. The number of fused-ring (bicyclic) bond motifs is 2. The highest BCUT2D eigenvalue weighted by Crippen LogP contribution is 2.25. The molecule has 1 amide bonds. The first-order valence-electron chi connectivity index (χ1n) is 10.8. The second-order valence-electron chi connectivity index (χ2n) is 8.14. The van der Waals surface area contributed by atoms with Crippen LogP contribution in [0, 0.1) is 0 Å². The lowest BCUT2D eigenvalue weighted by Gasteiger charge is -2.32. The highest BCUT2D eigenvalue weighted by molar-refractivity contribution is 5.98. The third-order valence-electron chi connectivity index (χ3n) is 6.06. The summed E-state index contributed by atoms with van der Waals surface area (Å²) in [6.45, 7) is 1.76. The molecule has 162 valence electrons. The molecule has 0 unspecified atom stereocenters. The van der Waals surface area contributed by atoms with Crippen LogP contribution in [0.4, 0.5) is 11.8 Å². The van der Waals surface area contributed by atoms with E-state index in [1.54, 1.807) is 0 Å². The lowest BCUT2D eigenvalue weighted by molar-refractivity contribution is 0.0000425. The van der Waals surface area contributed by atoms with Crippen LogP contribution in [0.15, 0.2) is 60.7 Å². The Kier molecular flexibility index (Phi) is 5.33. The monoisotopic (exact) mass is 427 g/mol. The normalized spacial score (nSPS) is 14.8. The van der Waals surface area contributed by atoms with Crippen LogP contribution >= 0.6 is 0 Å². The molecule has 0 bridgehead atoms. The number of carbonyl (C=O) groups excluding carboxylic acids is 1. The van der Waals surface area contributed by atoms with Crippen molar-refractivity contribution in [3.63, 3.8) is 0 Å². The highest BCUT2D eigenvalue weighted by atomic mass is 16.5. The molecule has 0 atom stereocenters. The second kappa shape index (κ2) is 8.43. The van der Waals surface area contributed by atoms with E-state index in [9.17, 15) is 4.79 Å². The molecular weight excluding hydrogens is 402 g/mol. The number of piperidine rings is 1. The molecule has 5 rings (SSSR count). The highest BCUT2D eigenvalue weighted by Gasteiger charge is 2.24. The topological polar surface area (TPSA) is 107 Å². The minimum Gasteiger partial charge on any atom is -0.383 e. The Balaban J connectivity index is 1.22. The maximum absolute atomic E-state index is 13.0. The molecular formula is C25H25N5O2. The minimum absolute atomic E-state index is 0.0748. The summed E-state index contributed by atoms with van der Waals surface area (Å²) in [5, 5.41) is 3.00. The zero-order chi connectivity index (χ0) is 22.1. The summed E-state index contributed by atoms with van der Waals surface area (Å²) in [5.41, 5.74) is 14.2. The van der Waals surface area contributed by atoms with E-state index in [2.05, 4.69) is 16.0 Å². The van der Waals surface area contributed by atoms with Crippen LogP contribution in [-0.2, 0) is 11.3 Å². The molecule has 7 nitrogen and oxygen atoms in total. The van der Waals surface area contributed by atoms with Crippen LogP contribution in [-0.4, -0.2) is 40.0 Å². The van der Waals surface area contributed by atoms with Gasteiger partial charge in [0, 0.05) is 24.0 Å². The molecule has 1 aliphatic rings. The molecule has 2 heterocycles. The molecule has 1 aliphatic heterocycles. The number of hydrogen-bond acceptors (Lipinski definition) is 6. The van der Waals surface area contributed by atoms with Gasteiger partial charge >= 0.3 is 0 Å². The lowest BCUT2D eigenvalue weighted by atomic mass is 10.0. The fraction of sp³-hybridized carbons (Fsp3) is 0.240. The zero-order valence-corrected chi connectivity index (χ0v) is 17.7. The second-order valence-corrected chi connectivity index (χ2v) is 8.14. The standard InChI is InChI=1S/C25H25N5O2/c26-23-22-19(6-3-7-21(22)28-25(27)29-23)15-32-20-10-12-30(13-11-20)24(31)18-9-8-16-4-1-2-5-17(16)14-18/h1-9,14,20H,10-13,15H2,(H4,26,27,28,29). The summed E-state index contributed by atoms with van der Waals surface area (Å²) in [4.78, 5) is 23.2. The maximum Gasteiger partial charge on any atom is 0.253 e. The zero-order valence-electron chi connectivity index (χ0n) is 17.7. The molecule has 3 aromatic carbocycles. The first-order chi connectivity index (χ1) is 15.6. The van der Waals surface area contributed by atoms with Crippen molar-refractivity contribution in [3.8, 4) is 0 Å². The van der Waals surface area contributed by atoms with Gasteiger partial charge < -0.3 is 21.1 Å². The van der Waals surface area contributed by atoms with Crippen LogP contribution in [0.3, 0.4) is 0 Å². The van der Waals surface area contributed by atoms with Crippen molar-refractivity contribution in [1.29, 1.82) is 0 Å². The number of likely N-dealkylation sites (tertiary alicyclic amines) is 1. The summed E-state index contributed by atoms with van der Waals surface area (Å²) in [7, 11) is 0. The number of ether oxygens (including phenoxy) is 1. The number of nitrogen functional groups attached to an aromatic ring is 2. The van der Waals surface area contributed by atoms with E-state index in [0.717, 1.165) is 40.1 Å². The Hall–Kier alpha value is -3.71. The Labute approximate surface area is 186 Å². The third-order valence-corrected chi connectivity index (χ3v) is 6.06. The van der Waals surface area contributed by atoms with E-state index in [1.165, 1.54) is 0 Å². The first kappa shape index (κ1) is 20.2. The summed E-state index contributed by atoms with van der Waals surface area (Å²) >= 11 is 0. The van der Waals surface area contributed by atoms with Gasteiger partial charge in [-0.25, -0.2) is 4.98 Å². The maximum atomic E-state index is 13.0. The molecule has 0 aliphatic carbocycles. The van der Waals surface area contributed by atoms with Crippen LogP contribution in [0.1, 0.15) is 28.8 Å². The quantitative estimate of drug-likeness (QED) is 0.513. The number of rotatable bonds is 4. The van der Waals surface area contributed by atoms with Crippen molar-refractivity contribution >= 4 is 39.3 Å². The van der Waals surface area contributed by atoms with E-state index in [0.29, 0.717) is 31.0 Å². The predicted octanol–water partition coefficient (Wildman–Crippen LogP) is 3.77. The van der Waals surface area contributed by atoms with Gasteiger partial charge in [0.25, 0.3) is 5.91 Å². The Morgan fingerprint density at radius 2 is 1.75 bits per heavy atom. The Bertz CT molecular complexity index is 1300. The molecule has 1 fully saturated rings. The molecule has 0 spiro atoms. The van der Waals surface area contributed by atoms with Gasteiger partial charge in [-0.2, -0.15) is 4.98 Å². The van der Waals surface area contributed by atoms with Crippen molar-refractivity contribution in [2.45, 2.75) is 25.6 Å². The molecule has 32 heavy (non-hydrogen) atoms. The van der Waals surface area contributed by atoms with E-state index in [4.69, 9.17) is 16.2 Å². The van der Waals surface area contributed by atoms with Gasteiger partial charge in [-0.3, -0.25) is 4.79 Å². The molecule has 1 saturated heterocycles. The summed E-state index contributed by atoms with van der Waals surface area (Å²) in [6.07, 6.45) is 1.67. The summed E-state index contributed by atoms with van der Waals surface area (Å²) in [5.74, 6) is 0.602. The number of anilines is 2. The molecule has 7 heteroatoms. The first-order valence-corrected chi connectivity index (χ1v) is 10.8. The molecule has 0 saturated carbocycles. The smallest absolute Gasteiger partial charge is 0.253 e. The van der Waals surface area contributed by atoms with E-state index in [1.807, 2.05) is 59.5 Å². The van der Waals surface area contributed by atoms with Crippen LogP contribution in [0.25, 0.3) is 21.7 Å². The van der Waals surface area contributed by atoms with Crippen molar-refractivity contribution < 1.29 is 9.53 Å². The number of nitrogens with zero attached hydrogens (tertiary/aromatic N) is 3. The Morgan fingerprint density at radius 3 is 2.56 bits per heavy atom. The van der Waals surface area contributed by atoms with Crippen LogP contribution in [0.5, 0.6) is 0 Å². The number of carbonyl (C=O) groups is 1. The summed E-state index contributed by atoms with van der Waals surface area (Å²) < 4.78 is 6.17. The van der Waals surface area contributed by atoms with Gasteiger partial charge in [0.2, 0.25) is 5.95 Å². The minimum atomic E-state index is 0.0748. The van der Waals surface area contributed by atoms with Crippen molar-refractivity contribution in [2.24, 2.45) is 0 Å². The SMILES string of the molecule is Nc1nc(N)c2c(COC3CCN(C(=O)c4ccc5ccccc5c4)CC3)cccc2n1. The number of hydrogen-bond donors (Lipinski definition) is 2. The third kappa shape index (κ3) is 3.94. The van der Waals surface area contributed by atoms with Gasteiger partial charge in [0.1, 0.15) is 5.82 Å². The molecule has 0 radical (unpaired) electrons. The van der Waals surface area contributed by atoms with Gasteiger partial charge in [-0.05, 0) is 47.4 Å². The van der Waals surface area contributed by atoms with E-state index < -0.39 is 0 Å². The largest absolute Gasteiger partial charge is 0.383 e. The number of amides is 1. The van der Waals surface area contributed by atoms with Gasteiger partial charge in [0.05, 0.1) is 18.2 Å². The number of benzene rings is 3. The van der Waals surface area contributed by atoms with Gasteiger partial charge in [0.15, 0.2) is 0 Å². The fourth-order valence-electron chi connectivity index (χ4n) is 4.36. The van der Waals surface area contributed by atoms with Gasteiger partial charge in [-0.1, -0.05) is 42.5 Å². The van der Waals surface area contributed by atoms with Crippen LogP contribution < -0.4 is 11.5 Å². The van der Waals surface area contributed by atoms with Crippen molar-refractivity contribution in [2.75, 3.05) is 24.6 Å². The predicted molar refractivity (Wildman–Crippen MR) is 126 cm³/mol. The fourth-order valence-corrected chi connectivity index (χ4v) is 4.36. The van der Waals surface area contributed by atoms with Crippen molar-refractivity contribution in [3.05, 3.63) is 71.8 Å². The van der Waals surface area contributed by atoms with Crippen LogP contribution in [0.2, 0.25) is 0 Å². The number of nitrogens with two attached hydrogens (primary N) is 2. The molecule has 4 N–H and O–H groups in total. The Morgan fingerprint density at radius 1 is 0.969 bits per heavy atom. The van der Waals surface area contributed by atoms with Gasteiger partial charge in [-0.15, -0.1) is 0 Å². The lowest BCUT2D eigenvalue weighted by Crippen LogP contribution is -2.40. The number of aromatic nitrogens is 2. The average molecular weight is 428 g/mol. The van der Waals surface area contributed by atoms with E-state index in [-0.39, 0.29) is 18.0 Å². The van der Waals surface area contributed by atoms with Crippen molar-refractivity contribution in [1.82, 2.24) is 14.9 Å².